The summed E-state index contributed by atoms with van der Waals surface area (Å²) >= 11 is 0. The number of benzene rings is 1. The van der Waals surface area contributed by atoms with Crippen LogP contribution < -0.4 is 5.32 Å². The van der Waals surface area contributed by atoms with E-state index in [0.29, 0.717) is 13.0 Å². The number of carbonyl (C=O) groups is 2. The van der Waals surface area contributed by atoms with Gasteiger partial charge in [-0.25, -0.2) is 0 Å². The zero-order chi connectivity index (χ0) is 14.8. The molecule has 1 aliphatic heterocycles. The third-order valence-corrected chi connectivity index (χ3v) is 3.52. The molecule has 1 aliphatic rings. The first kappa shape index (κ1) is 13.4. The molecule has 0 unspecified atom stereocenters. The minimum Gasteiger partial charge on any atom is -0.481 e. The molecule has 6 nitrogen and oxygen atoms in total. The van der Waals surface area contributed by atoms with Gasteiger partial charge in [-0.3, -0.25) is 14.3 Å². The Balaban J connectivity index is 1.81. The molecule has 1 aromatic heterocycles. The maximum atomic E-state index is 11.3. The lowest BCUT2D eigenvalue weighted by atomic mass is 9.98. The minimum atomic E-state index is -0.837. The fourth-order valence-electron chi connectivity index (χ4n) is 2.41. The molecule has 0 saturated carbocycles. The molecule has 0 saturated heterocycles. The predicted molar refractivity (Wildman–Crippen MR) is 76.9 cm³/mol. The highest BCUT2D eigenvalue weighted by Gasteiger charge is 2.15. The highest BCUT2D eigenvalue weighted by atomic mass is 16.4. The minimum absolute atomic E-state index is 0.0525. The van der Waals surface area contributed by atoms with E-state index in [0.717, 1.165) is 28.8 Å². The van der Waals surface area contributed by atoms with E-state index >= 15 is 0 Å². The number of rotatable bonds is 4. The number of aryl methyl sites for hydroxylation is 2. The summed E-state index contributed by atoms with van der Waals surface area (Å²) in [6.07, 6.45) is 4.87. The molecule has 0 radical (unpaired) electrons. The molecule has 2 aromatic rings. The normalized spacial score (nSPS) is 13.6. The number of carboxylic acids is 1. The van der Waals surface area contributed by atoms with Crippen molar-refractivity contribution in [2.24, 2.45) is 0 Å². The number of nitrogens with zero attached hydrogens (tertiary/aromatic N) is 2. The summed E-state index contributed by atoms with van der Waals surface area (Å²) in [7, 11) is 0. The van der Waals surface area contributed by atoms with Gasteiger partial charge in [0.15, 0.2) is 0 Å². The van der Waals surface area contributed by atoms with E-state index in [2.05, 4.69) is 10.4 Å². The predicted octanol–water partition coefficient (Wildman–Crippen LogP) is 1.91. The molecular formula is C15H15N3O3. The van der Waals surface area contributed by atoms with Crippen LogP contribution in [0.4, 0.5) is 5.69 Å². The van der Waals surface area contributed by atoms with Gasteiger partial charge >= 0.3 is 5.97 Å². The van der Waals surface area contributed by atoms with Gasteiger partial charge in [-0.15, -0.1) is 0 Å². The smallest absolute Gasteiger partial charge is 0.305 e. The van der Waals surface area contributed by atoms with Crippen molar-refractivity contribution in [3.05, 3.63) is 36.2 Å². The van der Waals surface area contributed by atoms with Gasteiger partial charge < -0.3 is 10.4 Å². The summed E-state index contributed by atoms with van der Waals surface area (Å²) in [6.45, 7) is 0.357. The Morgan fingerprint density at radius 1 is 1.33 bits per heavy atom. The van der Waals surface area contributed by atoms with Gasteiger partial charge in [-0.05, 0) is 29.7 Å². The number of hydrogen-bond donors (Lipinski definition) is 2. The van der Waals surface area contributed by atoms with Crippen LogP contribution in [0.15, 0.2) is 30.6 Å². The Morgan fingerprint density at radius 3 is 3.00 bits per heavy atom. The van der Waals surface area contributed by atoms with Gasteiger partial charge in [0.2, 0.25) is 5.91 Å². The lowest BCUT2D eigenvalue weighted by Gasteiger charge is -2.17. The van der Waals surface area contributed by atoms with Gasteiger partial charge in [0, 0.05) is 23.9 Å². The molecule has 21 heavy (non-hydrogen) atoms. The number of aromatic nitrogens is 2. The Hall–Kier alpha value is -2.63. The Labute approximate surface area is 121 Å². The SMILES string of the molecule is O=C(O)CCn1cc(-c2ccc3c(c2)CCC(=O)N3)cn1. The van der Waals surface area contributed by atoms with Crippen LogP contribution >= 0.6 is 0 Å². The molecule has 0 fully saturated rings. The molecule has 2 heterocycles. The monoisotopic (exact) mass is 285 g/mol. The quantitative estimate of drug-likeness (QED) is 0.898. The van der Waals surface area contributed by atoms with Gasteiger partial charge in [0.05, 0.1) is 19.2 Å². The van der Waals surface area contributed by atoms with Gasteiger partial charge in [-0.2, -0.15) is 5.10 Å². The van der Waals surface area contributed by atoms with E-state index in [-0.39, 0.29) is 12.3 Å². The number of anilines is 1. The van der Waals surface area contributed by atoms with Crippen LogP contribution in [0.2, 0.25) is 0 Å². The van der Waals surface area contributed by atoms with E-state index in [4.69, 9.17) is 5.11 Å². The molecule has 1 amide bonds. The summed E-state index contributed by atoms with van der Waals surface area (Å²) in [5.41, 5.74) is 3.95. The number of carboxylic acid groups (broad SMARTS) is 1. The van der Waals surface area contributed by atoms with E-state index in [1.165, 1.54) is 0 Å². The third-order valence-electron chi connectivity index (χ3n) is 3.52. The van der Waals surface area contributed by atoms with Crippen molar-refractivity contribution >= 4 is 17.6 Å². The van der Waals surface area contributed by atoms with Crippen molar-refractivity contribution in [3.63, 3.8) is 0 Å². The lowest BCUT2D eigenvalue weighted by molar-refractivity contribution is -0.137. The molecule has 3 rings (SSSR count). The molecule has 0 spiro atoms. The molecular weight excluding hydrogens is 270 g/mol. The van der Waals surface area contributed by atoms with Crippen LogP contribution in [0.3, 0.4) is 0 Å². The molecule has 0 atom stereocenters. The van der Waals surface area contributed by atoms with Crippen LogP contribution in [0.25, 0.3) is 11.1 Å². The summed E-state index contributed by atoms with van der Waals surface area (Å²) < 4.78 is 1.63. The van der Waals surface area contributed by atoms with Crippen LogP contribution in [-0.2, 0) is 22.6 Å². The fourth-order valence-corrected chi connectivity index (χ4v) is 2.41. The van der Waals surface area contributed by atoms with Crippen LogP contribution in [0, 0.1) is 0 Å². The topological polar surface area (TPSA) is 84.2 Å². The average molecular weight is 285 g/mol. The molecule has 6 heteroatoms. The maximum Gasteiger partial charge on any atom is 0.305 e. The zero-order valence-corrected chi connectivity index (χ0v) is 11.4. The fraction of sp³-hybridized carbons (Fsp3) is 0.267. The van der Waals surface area contributed by atoms with Crippen molar-refractivity contribution in [1.82, 2.24) is 9.78 Å². The summed E-state index contributed by atoms with van der Waals surface area (Å²) in [4.78, 5) is 21.9. The number of hydrogen-bond acceptors (Lipinski definition) is 3. The molecule has 1 aromatic carbocycles. The first-order valence-electron chi connectivity index (χ1n) is 6.79. The second-order valence-corrected chi connectivity index (χ2v) is 5.06. The maximum absolute atomic E-state index is 11.3. The second-order valence-electron chi connectivity index (χ2n) is 5.06. The van der Waals surface area contributed by atoms with Gasteiger partial charge in [0.1, 0.15) is 0 Å². The van der Waals surface area contributed by atoms with E-state index in [1.807, 2.05) is 24.4 Å². The molecule has 108 valence electrons. The van der Waals surface area contributed by atoms with Crippen molar-refractivity contribution in [2.45, 2.75) is 25.8 Å². The third kappa shape index (κ3) is 2.94. The largest absolute Gasteiger partial charge is 0.481 e. The van der Waals surface area contributed by atoms with Gasteiger partial charge in [0.25, 0.3) is 0 Å². The Morgan fingerprint density at radius 2 is 2.19 bits per heavy atom. The standard InChI is InChI=1S/C15H15N3O3/c19-14-4-2-11-7-10(1-3-13(11)17-14)12-8-16-18(9-12)6-5-15(20)21/h1,3,7-9H,2,4-6H2,(H,17,19)(H,20,21). The van der Waals surface area contributed by atoms with Crippen LogP contribution in [0.5, 0.6) is 0 Å². The second kappa shape index (κ2) is 5.40. The van der Waals surface area contributed by atoms with Crippen molar-refractivity contribution < 1.29 is 14.7 Å². The Bertz CT molecular complexity index is 706. The number of nitrogens with one attached hydrogen (secondary N) is 1. The highest BCUT2D eigenvalue weighted by Crippen LogP contribution is 2.28. The van der Waals surface area contributed by atoms with Crippen molar-refractivity contribution in [2.75, 3.05) is 5.32 Å². The first-order chi connectivity index (χ1) is 10.1. The van der Waals surface area contributed by atoms with E-state index in [1.54, 1.807) is 10.9 Å². The van der Waals surface area contributed by atoms with Gasteiger partial charge in [-0.1, -0.05) is 6.07 Å². The van der Waals surface area contributed by atoms with E-state index < -0.39 is 5.97 Å². The molecule has 2 N–H and O–H groups in total. The highest BCUT2D eigenvalue weighted by molar-refractivity contribution is 5.94. The van der Waals surface area contributed by atoms with Crippen LogP contribution in [0.1, 0.15) is 18.4 Å². The van der Waals surface area contributed by atoms with E-state index in [9.17, 15) is 9.59 Å². The van der Waals surface area contributed by atoms with Crippen LogP contribution in [-0.4, -0.2) is 26.8 Å². The summed E-state index contributed by atoms with van der Waals surface area (Å²) in [5, 5.41) is 15.7. The first-order valence-corrected chi connectivity index (χ1v) is 6.79. The molecule has 0 bridgehead atoms. The zero-order valence-electron chi connectivity index (χ0n) is 11.4. The number of carbonyl (C=O) groups excluding carboxylic acids is 1. The number of fused-ring (bicyclic) bond motifs is 1. The molecule has 0 aliphatic carbocycles. The van der Waals surface area contributed by atoms with Crippen molar-refractivity contribution in [1.29, 1.82) is 0 Å². The number of amides is 1. The average Bonchev–Trinajstić information content (AvgIpc) is 2.93. The summed E-state index contributed by atoms with van der Waals surface area (Å²) in [5.74, 6) is -0.784. The summed E-state index contributed by atoms with van der Waals surface area (Å²) in [6, 6.07) is 5.88. The number of aliphatic carboxylic acids is 1. The van der Waals surface area contributed by atoms with Crippen molar-refractivity contribution in [3.8, 4) is 11.1 Å². The Kier molecular flexibility index (Phi) is 3.43. The lowest BCUT2D eigenvalue weighted by Crippen LogP contribution is -2.18.